The van der Waals surface area contributed by atoms with Crippen LogP contribution in [-0.4, -0.2) is 85.5 Å². The molecule has 0 bridgehead atoms. The van der Waals surface area contributed by atoms with E-state index in [1.807, 2.05) is 0 Å². The molecular weight excluding hydrogens is 856 g/mol. The fraction of sp³-hybridized carbons (Fsp3) is 0.816. The molecule has 0 rings (SSSR count). The Kier molecular flexibility index (Phi) is 46.4. The van der Waals surface area contributed by atoms with Crippen molar-refractivity contribution < 1.29 is 61.8 Å². The van der Waals surface area contributed by atoms with Crippen molar-refractivity contribution in [2.24, 2.45) is 0 Å². The molecule has 16 heteroatoms. The molecule has 4 N–H and O–H groups in total. The van der Waals surface area contributed by atoms with Crippen LogP contribution in [0.1, 0.15) is 214 Å². The van der Waals surface area contributed by atoms with E-state index in [0.29, 0.717) is 12.8 Å². The molecule has 2 atom stereocenters. The number of carboxylic acid groups (broad SMARTS) is 1. The van der Waals surface area contributed by atoms with Crippen molar-refractivity contribution in [1.29, 1.82) is 0 Å². The number of rotatable bonds is 46. The Morgan fingerprint density at radius 1 is 0.523 bits per heavy atom. The Hall–Kier alpha value is -3.26. The smallest absolute Gasteiger partial charge is 0.472 e. The van der Waals surface area contributed by atoms with Gasteiger partial charge in [0.05, 0.1) is 26.2 Å². The monoisotopic (exact) mass is 947 g/mol. The maximum absolute atomic E-state index is 12.8. The molecule has 0 aliphatic heterocycles. The third-order valence-corrected chi connectivity index (χ3v) is 11.3. The highest BCUT2D eigenvalue weighted by Crippen LogP contribution is 2.43. The number of carbonyl (C=O) groups is 5. The maximum Gasteiger partial charge on any atom is 0.472 e. The minimum absolute atomic E-state index is 0. The summed E-state index contributed by atoms with van der Waals surface area (Å²) in [4.78, 5) is 69.5. The number of alkyl carbamates (subject to hydrolysis) is 1. The van der Waals surface area contributed by atoms with Gasteiger partial charge in [-0.05, 0) is 64.2 Å². The van der Waals surface area contributed by atoms with Crippen LogP contribution in [0.3, 0.4) is 0 Å². The standard InChI is InChI=1S/C48H87N2O13P.CH4/c1-3-5-7-9-11-13-15-17-19-21-23-25-27-29-31-33-46(54)60-41-43(63-47(55)34-32-30-28-26-24-22-20-18-16-14-12-10-8-6-4-2)42-62-64(57,58)61-40-38-50-48(56)59-39-37-49-44(51)35-36-45(52)53;/h17-20,43H,3-16,21-42H2,1-2H3,(H,49,51)(H,50,56)(H,52,53)(H,57,58);1H4/b19-17-,20-18-;/t43-;/m1./s1. The van der Waals surface area contributed by atoms with E-state index in [4.69, 9.17) is 28.4 Å². The van der Waals surface area contributed by atoms with E-state index in [9.17, 15) is 33.4 Å². The van der Waals surface area contributed by atoms with Crippen LogP contribution in [0.4, 0.5) is 4.79 Å². The normalized spacial score (nSPS) is 12.7. The predicted octanol–water partition coefficient (Wildman–Crippen LogP) is 12.0. The first-order valence-corrected chi connectivity index (χ1v) is 26.1. The second kappa shape index (κ2) is 47.2. The highest BCUT2D eigenvalue weighted by molar-refractivity contribution is 7.47. The van der Waals surface area contributed by atoms with E-state index in [-0.39, 0.29) is 59.4 Å². The number of carbonyl (C=O) groups excluding carboxylic acids is 4. The lowest BCUT2D eigenvalue weighted by Crippen LogP contribution is -2.32. The molecular formula is C49H91N2O13P. The molecule has 0 aromatic carbocycles. The van der Waals surface area contributed by atoms with Crippen molar-refractivity contribution in [3.8, 4) is 0 Å². The zero-order valence-corrected chi connectivity index (χ0v) is 40.6. The summed E-state index contributed by atoms with van der Waals surface area (Å²) in [5.74, 6) is -2.59. The molecule has 0 aliphatic carbocycles. The number of carboxylic acids is 1. The first-order chi connectivity index (χ1) is 31.0. The first kappa shape index (κ1) is 63.8. The van der Waals surface area contributed by atoms with Gasteiger partial charge >= 0.3 is 31.8 Å². The number of nitrogens with one attached hydrogen (secondary N) is 2. The van der Waals surface area contributed by atoms with Gasteiger partial charge in [0, 0.05) is 25.8 Å². The second-order valence-corrected chi connectivity index (χ2v) is 17.8. The summed E-state index contributed by atoms with van der Waals surface area (Å²) >= 11 is 0. The number of esters is 2. The SMILES string of the molecule is C.CCCCCCCC/C=C\CCCCCCCC(=O)OC[C@H](COP(=O)(O)OCCNC(=O)OCCNC(=O)CCC(=O)O)OC(=O)CCCCCCC/C=C\CCCCCCCC. The van der Waals surface area contributed by atoms with Gasteiger partial charge in [0.25, 0.3) is 0 Å². The van der Waals surface area contributed by atoms with Crippen LogP contribution in [0.5, 0.6) is 0 Å². The Morgan fingerprint density at radius 3 is 1.46 bits per heavy atom. The van der Waals surface area contributed by atoms with Gasteiger partial charge in [-0.3, -0.25) is 28.2 Å². The van der Waals surface area contributed by atoms with Crippen molar-refractivity contribution >= 4 is 37.7 Å². The van der Waals surface area contributed by atoms with Gasteiger partial charge in [-0.25, -0.2) is 9.36 Å². The van der Waals surface area contributed by atoms with E-state index in [0.717, 1.165) is 77.0 Å². The van der Waals surface area contributed by atoms with Crippen LogP contribution in [0.15, 0.2) is 24.3 Å². The topological polar surface area (TPSA) is 213 Å². The lowest BCUT2D eigenvalue weighted by Gasteiger charge is -2.20. The van der Waals surface area contributed by atoms with Crippen molar-refractivity contribution in [3.63, 3.8) is 0 Å². The second-order valence-electron chi connectivity index (χ2n) is 16.4. The number of ether oxygens (including phenoxy) is 3. The van der Waals surface area contributed by atoms with Crippen molar-refractivity contribution in [3.05, 3.63) is 24.3 Å². The number of phosphoric acid groups is 1. The Labute approximate surface area is 392 Å². The van der Waals surface area contributed by atoms with E-state index in [1.54, 1.807) is 0 Å². The zero-order chi connectivity index (χ0) is 47.2. The third-order valence-electron chi connectivity index (χ3n) is 10.3. The number of allylic oxidation sites excluding steroid dienone is 4. The molecule has 2 amide bonds. The summed E-state index contributed by atoms with van der Waals surface area (Å²) < 4.78 is 38.4. The van der Waals surface area contributed by atoms with Gasteiger partial charge in [-0.2, -0.15) is 0 Å². The number of unbranched alkanes of at least 4 members (excludes halogenated alkanes) is 22. The van der Waals surface area contributed by atoms with E-state index >= 15 is 0 Å². The fourth-order valence-corrected chi connectivity index (χ4v) is 7.27. The molecule has 0 aromatic rings. The van der Waals surface area contributed by atoms with Crippen LogP contribution in [0.2, 0.25) is 0 Å². The Morgan fingerprint density at radius 2 is 0.969 bits per heavy atom. The molecule has 380 valence electrons. The highest BCUT2D eigenvalue weighted by atomic mass is 31.2. The molecule has 0 heterocycles. The van der Waals surface area contributed by atoms with Crippen molar-refractivity contribution in [2.75, 3.05) is 39.5 Å². The molecule has 0 aromatic heterocycles. The lowest BCUT2D eigenvalue weighted by molar-refractivity contribution is -0.161. The molecule has 1 unspecified atom stereocenters. The summed E-state index contributed by atoms with van der Waals surface area (Å²) in [6.45, 7) is 2.67. The number of amides is 2. The molecule has 0 saturated carbocycles. The summed E-state index contributed by atoms with van der Waals surface area (Å²) in [6.07, 6.45) is 36.4. The molecule has 65 heavy (non-hydrogen) atoms. The van der Waals surface area contributed by atoms with Gasteiger partial charge < -0.3 is 34.8 Å². The summed E-state index contributed by atoms with van der Waals surface area (Å²) in [7, 11) is -4.67. The molecule has 0 saturated heterocycles. The zero-order valence-electron chi connectivity index (χ0n) is 39.7. The third kappa shape index (κ3) is 48.5. The number of hydrogen-bond donors (Lipinski definition) is 4. The summed E-state index contributed by atoms with van der Waals surface area (Å²) in [5, 5.41) is 13.3. The average Bonchev–Trinajstić information content (AvgIpc) is 3.26. The number of aliphatic carboxylic acids is 1. The van der Waals surface area contributed by atoms with Crippen LogP contribution >= 0.6 is 7.82 Å². The molecule has 0 fully saturated rings. The number of phosphoric ester groups is 1. The minimum Gasteiger partial charge on any atom is -0.481 e. The van der Waals surface area contributed by atoms with Gasteiger partial charge in [0.2, 0.25) is 5.91 Å². The average molecular weight is 947 g/mol. The van der Waals surface area contributed by atoms with Gasteiger partial charge in [-0.1, -0.05) is 148 Å². The van der Waals surface area contributed by atoms with Gasteiger partial charge in [0.15, 0.2) is 6.10 Å². The van der Waals surface area contributed by atoms with Crippen LogP contribution < -0.4 is 10.6 Å². The largest absolute Gasteiger partial charge is 0.481 e. The predicted molar refractivity (Wildman–Crippen MR) is 257 cm³/mol. The van der Waals surface area contributed by atoms with Gasteiger partial charge in [-0.15, -0.1) is 0 Å². The Balaban J connectivity index is 0. The molecule has 0 radical (unpaired) electrons. The van der Waals surface area contributed by atoms with Gasteiger partial charge in [0.1, 0.15) is 13.2 Å². The minimum atomic E-state index is -4.67. The van der Waals surface area contributed by atoms with Crippen molar-refractivity contribution in [1.82, 2.24) is 10.6 Å². The van der Waals surface area contributed by atoms with Crippen LogP contribution in [0.25, 0.3) is 0 Å². The lowest BCUT2D eigenvalue weighted by atomic mass is 10.1. The van der Waals surface area contributed by atoms with Crippen LogP contribution in [0, 0.1) is 0 Å². The van der Waals surface area contributed by atoms with E-state index in [1.165, 1.54) is 77.0 Å². The summed E-state index contributed by atoms with van der Waals surface area (Å²) in [6, 6.07) is 0. The maximum atomic E-state index is 12.8. The Bertz CT molecular complexity index is 1300. The quantitative estimate of drug-likeness (QED) is 0.0147. The van der Waals surface area contributed by atoms with E-state index in [2.05, 4.69) is 48.8 Å². The van der Waals surface area contributed by atoms with Crippen molar-refractivity contribution in [2.45, 2.75) is 220 Å². The molecule has 15 nitrogen and oxygen atoms in total. The highest BCUT2D eigenvalue weighted by Gasteiger charge is 2.26. The fourth-order valence-electron chi connectivity index (χ4n) is 6.52. The summed E-state index contributed by atoms with van der Waals surface area (Å²) in [5.41, 5.74) is 0. The molecule has 0 spiro atoms. The molecule has 0 aliphatic rings. The van der Waals surface area contributed by atoms with Crippen LogP contribution in [-0.2, 0) is 47.0 Å². The van der Waals surface area contributed by atoms with E-state index < -0.39 is 57.0 Å². The first-order valence-electron chi connectivity index (χ1n) is 24.6. The number of hydrogen-bond acceptors (Lipinski definition) is 11.